The van der Waals surface area contributed by atoms with Gasteiger partial charge in [-0.2, -0.15) is 9.61 Å². The average molecular weight is 384 g/mol. The first kappa shape index (κ1) is 17.1. The van der Waals surface area contributed by atoms with Crippen LogP contribution in [-0.4, -0.2) is 36.9 Å². The number of aromatic nitrogens is 6. The first-order valence-electron chi connectivity index (χ1n) is 9.00. The van der Waals surface area contributed by atoms with Crippen molar-refractivity contribution in [1.29, 1.82) is 0 Å². The number of methoxy groups -OCH3 is 1. The Balaban J connectivity index is 1.46. The molecule has 8 heteroatoms. The highest BCUT2D eigenvalue weighted by molar-refractivity contribution is 5.84. The highest BCUT2D eigenvalue weighted by Gasteiger charge is 2.12. The van der Waals surface area contributed by atoms with Crippen LogP contribution in [0.2, 0.25) is 0 Å². The lowest BCUT2D eigenvalue weighted by molar-refractivity contribution is 0.284. The summed E-state index contributed by atoms with van der Waals surface area (Å²) in [4.78, 5) is 8.53. The number of nitrogens with zero attached hydrogens (tertiary/aromatic N) is 6. The van der Waals surface area contributed by atoms with E-state index in [1.54, 1.807) is 11.6 Å². The first-order chi connectivity index (χ1) is 14.3. The van der Waals surface area contributed by atoms with Gasteiger partial charge in [-0.25, -0.2) is 9.97 Å². The molecule has 0 aliphatic carbocycles. The molecule has 2 aromatic carbocycles. The molecule has 8 nitrogen and oxygen atoms in total. The van der Waals surface area contributed by atoms with Gasteiger partial charge in [0.15, 0.2) is 18.1 Å². The van der Waals surface area contributed by atoms with Crippen molar-refractivity contribution in [2.45, 2.75) is 6.61 Å². The fourth-order valence-corrected chi connectivity index (χ4v) is 3.07. The minimum atomic E-state index is 0.171. The van der Waals surface area contributed by atoms with Crippen molar-refractivity contribution in [2.75, 3.05) is 7.11 Å². The van der Waals surface area contributed by atoms with Crippen LogP contribution in [0.5, 0.6) is 11.6 Å². The van der Waals surface area contributed by atoms with E-state index in [0.29, 0.717) is 17.4 Å². The van der Waals surface area contributed by atoms with Crippen LogP contribution in [0, 0.1) is 0 Å². The number of hydrogen-bond acceptors (Lipinski definition) is 7. The Kier molecular flexibility index (Phi) is 4.21. The molecule has 29 heavy (non-hydrogen) atoms. The zero-order valence-corrected chi connectivity index (χ0v) is 15.6. The number of hydrogen-bond donors (Lipinski definition) is 0. The summed E-state index contributed by atoms with van der Waals surface area (Å²) in [6.07, 6.45) is 1.46. The van der Waals surface area contributed by atoms with Gasteiger partial charge in [0.2, 0.25) is 5.88 Å². The van der Waals surface area contributed by atoms with Gasteiger partial charge in [-0.15, -0.1) is 10.2 Å². The summed E-state index contributed by atoms with van der Waals surface area (Å²) >= 11 is 0. The van der Waals surface area contributed by atoms with Crippen molar-refractivity contribution < 1.29 is 9.47 Å². The van der Waals surface area contributed by atoms with Crippen molar-refractivity contribution in [1.82, 2.24) is 29.8 Å². The van der Waals surface area contributed by atoms with Crippen molar-refractivity contribution >= 4 is 16.6 Å². The Morgan fingerprint density at radius 1 is 0.931 bits per heavy atom. The van der Waals surface area contributed by atoms with Gasteiger partial charge in [-0.05, 0) is 24.3 Å². The molecular weight excluding hydrogens is 368 g/mol. The van der Waals surface area contributed by atoms with Crippen LogP contribution < -0.4 is 9.47 Å². The van der Waals surface area contributed by atoms with Crippen LogP contribution in [0.25, 0.3) is 27.8 Å². The molecule has 0 radical (unpaired) electrons. The SMILES string of the molecule is COc1ccc2c(OCc3nnc4ccc(-c5ccccc5)nn34)ncnc2c1. The highest BCUT2D eigenvalue weighted by Crippen LogP contribution is 2.25. The second kappa shape index (κ2) is 7.16. The van der Waals surface area contributed by atoms with Gasteiger partial charge >= 0.3 is 0 Å². The summed E-state index contributed by atoms with van der Waals surface area (Å²) < 4.78 is 12.9. The molecule has 0 N–H and O–H groups in total. The fourth-order valence-electron chi connectivity index (χ4n) is 3.07. The third-order valence-corrected chi connectivity index (χ3v) is 4.54. The fraction of sp³-hybridized carbons (Fsp3) is 0.0952. The topological polar surface area (TPSA) is 87.3 Å². The van der Waals surface area contributed by atoms with E-state index in [9.17, 15) is 0 Å². The molecule has 0 saturated heterocycles. The number of benzene rings is 2. The van der Waals surface area contributed by atoms with E-state index >= 15 is 0 Å². The molecular formula is C21H16N6O2. The number of rotatable bonds is 5. The minimum Gasteiger partial charge on any atom is -0.497 e. The highest BCUT2D eigenvalue weighted by atomic mass is 16.5. The van der Waals surface area contributed by atoms with E-state index in [4.69, 9.17) is 9.47 Å². The standard InChI is InChI=1S/C21H16N6O2/c1-28-15-7-8-16-18(11-15)22-13-23-21(16)29-12-20-25-24-19-10-9-17(26-27(19)20)14-5-3-2-4-6-14/h2-11,13H,12H2,1H3. The maximum absolute atomic E-state index is 5.94. The van der Waals surface area contributed by atoms with Crippen molar-refractivity contribution in [2.24, 2.45) is 0 Å². The summed E-state index contributed by atoms with van der Waals surface area (Å²) in [5.74, 6) is 1.77. The van der Waals surface area contributed by atoms with Crippen molar-refractivity contribution in [3.8, 4) is 22.9 Å². The summed E-state index contributed by atoms with van der Waals surface area (Å²) in [6, 6.07) is 19.3. The summed E-state index contributed by atoms with van der Waals surface area (Å²) in [6.45, 7) is 0.171. The van der Waals surface area contributed by atoms with Crippen LogP contribution in [0.4, 0.5) is 0 Å². The Bertz CT molecular complexity index is 1300. The van der Waals surface area contributed by atoms with Crippen molar-refractivity contribution in [3.05, 3.63) is 72.8 Å². The zero-order valence-electron chi connectivity index (χ0n) is 15.6. The molecule has 3 heterocycles. The Hall–Kier alpha value is -4.07. The molecule has 0 unspecified atom stereocenters. The zero-order chi connectivity index (χ0) is 19.6. The predicted octanol–water partition coefficient (Wildman–Crippen LogP) is 3.32. The molecule has 0 atom stereocenters. The lowest BCUT2D eigenvalue weighted by atomic mass is 10.1. The third-order valence-electron chi connectivity index (χ3n) is 4.54. The van der Waals surface area contributed by atoms with Gasteiger partial charge in [-0.3, -0.25) is 0 Å². The van der Waals surface area contributed by atoms with E-state index in [1.165, 1.54) is 6.33 Å². The quantitative estimate of drug-likeness (QED) is 0.459. The Morgan fingerprint density at radius 3 is 2.69 bits per heavy atom. The average Bonchev–Trinajstić information content (AvgIpc) is 3.20. The predicted molar refractivity (Wildman–Crippen MR) is 107 cm³/mol. The molecule has 0 saturated carbocycles. The van der Waals surface area contributed by atoms with E-state index < -0.39 is 0 Å². The van der Waals surface area contributed by atoms with E-state index in [2.05, 4.69) is 25.3 Å². The van der Waals surface area contributed by atoms with Gasteiger partial charge in [-0.1, -0.05) is 30.3 Å². The molecule has 3 aromatic heterocycles. The normalized spacial score (nSPS) is 11.1. The van der Waals surface area contributed by atoms with Gasteiger partial charge in [0.05, 0.1) is 23.7 Å². The number of fused-ring (bicyclic) bond motifs is 2. The molecule has 5 aromatic rings. The minimum absolute atomic E-state index is 0.171. The molecule has 0 aliphatic heterocycles. The van der Waals surface area contributed by atoms with Gasteiger partial charge in [0.25, 0.3) is 0 Å². The maximum Gasteiger partial charge on any atom is 0.224 e. The number of ether oxygens (including phenoxy) is 2. The molecule has 0 bridgehead atoms. The lowest BCUT2D eigenvalue weighted by Crippen LogP contribution is -2.05. The largest absolute Gasteiger partial charge is 0.497 e. The molecule has 0 aliphatic rings. The van der Waals surface area contributed by atoms with Gasteiger partial charge in [0, 0.05) is 11.6 Å². The van der Waals surface area contributed by atoms with Crippen LogP contribution in [-0.2, 0) is 6.61 Å². The van der Waals surface area contributed by atoms with Crippen LogP contribution in [0.1, 0.15) is 5.82 Å². The van der Waals surface area contributed by atoms with Gasteiger partial charge in [0.1, 0.15) is 12.1 Å². The van der Waals surface area contributed by atoms with Crippen molar-refractivity contribution in [3.63, 3.8) is 0 Å². The van der Waals surface area contributed by atoms with Crippen LogP contribution in [0.15, 0.2) is 67.0 Å². The van der Waals surface area contributed by atoms with E-state index in [1.807, 2.05) is 60.7 Å². The second-order valence-corrected chi connectivity index (χ2v) is 6.32. The Morgan fingerprint density at radius 2 is 1.83 bits per heavy atom. The maximum atomic E-state index is 5.94. The second-order valence-electron chi connectivity index (χ2n) is 6.32. The first-order valence-corrected chi connectivity index (χ1v) is 9.00. The molecule has 0 spiro atoms. The molecule has 142 valence electrons. The van der Waals surface area contributed by atoms with E-state index in [0.717, 1.165) is 27.9 Å². The van der Waals surface area contributed by atoms with Crippen LogP contribution in [0.3, 0.4) is 0 Å². The van der Waals surface area contributed by atoms with Gasteiger partial charge < -0.3 is 9.47 Å². The molecule has 0 amide bonds. The summed E-state index contributed by atoms with van der Waals surface area (Å²) in [5, 5.41) is 13.8. The monoisotopic (exact) mass is 384 g/mol. The third kappa shape index (κ3) is 3.20. The summed E-state index contributed by atoms with van der Waals surface area (Å²) in [5.41, 5.74) is 3.25. The molecule has 5 rings (SSSR count). The Labute approximate surface area is 165 Å². The van der Waals surface area contributed by atoms with E-state index in [-0.39, 0.29) is 6.61 Å². The summed E-state index contributed by atoms with van der Waals surface area (Å²) in [7, 11) is 1.62. The smallest absolute Gasteiger partial charge is 0.224 e. The van der Waals surface area contributed by atoms with Crippen LogP contribution >= 0.6 is 0 Å². The molecule has 0 fully saturated rings. The lowest BCUT2D eigenvalue weighted by Gasteiger charge is -2.08.